The lowest BCUT2D eigenvalue weighted by Crippen LogP contribution is -2.29. The molecule has 1 aromatic carbocycles. The molecule has 20 heavy (non-hydrogen) atoms. The van der Waals surface area contributed by atoms with Crippen molar-refractivity contribution in [2.75, 3.05) is 6.54 Å². The smallest absolute Gasteiger partial charge is 0.251 e. The monoisotopic (exact) mass is 304 g/mol. The van der Waals surface area contributed by atoms with Gasteiger partial charge in [0.1, 0.15) is 0 Å². The summed E-state index contributed by atoms with van der Waals surface area (Å²) in [5, 5.41) is 3.34. The van der Waals surface area contributed by atoms with Crippen molar-refractivity contribution < 1.29 is 17.2 Å². The summed E-state index contributed by atoms with van der Waals surface area (Å²) in [6.45, 7) is -0.145. The van der Waals surface area contributed by atoms with Gasteiger partial charge in [0.2, 0.25) is 10.0 Å². The first kappa shape index (κ1) is 15.3. The fourth-order valence-electron chi connectivity index (χ4n) is 1.84. The van der Waals surface area contributed by atoms with E-state index in [1.807, 2.05) is 10.8 Å². The SMILES string of the molecule is O=S(=O)(Cc1cccc(CNC2CC2)c1)NCC(F)F. The van der Waals surface area contributed by atoms with Crippen LogP contribution in [0.4, 0.5) is 8.78 Å². The second kappa shape index (κ2) is 6.60. The molecule has 0 aliphatic heterocycles. The Labute approximate surface area is 117 Å². The summed E-state index contributed by atoms with van der Waals surface area (Å²) in [6, 6.07) is 7.74. The Kier molecular flexibility index (Phi) is 5.06. The molecule has 1 aromatic rings. The highest BCUT2D eigenvalue weighted by atomic mass is 32.2. The molecule has 1 fully saturated rings. The van der Waals surface area contributed by atoms with Crippen molar-refractivity contribution in [3.05, 3.63) is 35.4 Å². The normalized spacial score (nSPS) is 15.8. The van der Waals surface area contributed by atoms with Crippen molar-refractivity contribution in [2.45, 2.75) is 37.6 Å². The van der Waals surface area contributed by atoms with E-state index in [2.05, 4.69) is 5.32 Å². The summed E-state index contributed by atoms with van der Waals surface area (Å²) in [7, 11) is -3.72. The molecular formula is C13H18F2N2O2S. The highest BCUT2D eigenvalue weighted by Gasteiger charge is 2.20. The topological polar surface area (TPSA) is 58.2 Å². The van der Waals surface area contributed by atoms with Crippen LogP contribution in [0.2, 0.25) is 0 Å². The zero-order valence-corrected chi connectivity index (χ0v) is 11.8. The third-order valence-corrected chi connectivity index (χ3v) is 4.30. The van der Waals surface area contributed by atoms with Gasteiger partial charge < -0.3 is 5.32 Å². The van der Waals surface area contributed by atoms with Gasteiger partial charge in [0.15, 0.2) is 0 Å². The van der Waals surface area contributed by atoms with Crippen molar-refractivity contribution in [3.63, 3.8) is 0 Å². The summed E-state index contributed by atoms with van der Waals surface area (Å²) < 4.78 is 49.2. The molecule has 1 aliphatic carbocycles. The molecule has 0 radical (unpaired) electrons. The van der Waals surface area contributed by atoms with Crippen LogP contribution in [-0.2, 0) is 22.3 Å². The Morgan fingerprint density at radius 2 is 1.95 bits per heavy atom. The maximum absolute atomic E-state index is 12.0. The molecule has 1 saturated carbocycles. The Morgan fingerprint density at radius 3 is 2.60 bits per heavy atom. The van der Waals surface area contributed by atoms with E-state index in [1.165, 1.54) is 12.8 Å². The van der Waals surface area contributed by atoms with Crippen molar-refractivity contribution in [3.8, 4) is 0 Å². The van der Waals surface area contributed by atoms with Crippen LogP contribution in [0.1, 0.15) is 24.0 Å². The number of halogens is 2. The molecule has 7 heteroatoms. The quantitative estimate of drug-likeness (QED) is 0.767. The second-order valence-electron chi connectivity index (χ2n) is 4.97. The predicted molar refractivity (Wildman–Crippen MR) is 72.9 cm³/mol. The minimum absolute atomic E-state index is 0.281. The summed E-state index contributed by atoms with van der Waals surface area (Å²) >= 11 is 0. The molecule has 2 rings (SSSR count). The Morgan fingerprint density at radius 1 is 1.25 bits per heavy atom. The third kappa shape index (κ3) is 5.52. The molecule has 0 amide bonds. The fourth-order valence-corrected chi connectivity index (χ4v) is 2.94. The van der Waals surface area contributed by atoms with Gasteiger partial charge in [-0.3, -0.25) is 0 Å². The van der Waals surface area contributed by atoms with E-state index < -0.39 is 23.0 Å². The first-order chi connectivity index (χ1) is 9.44. The van der Waals surface area contributed by atoms with Crippen LogP contribution < -0.4 is 10.0 Å². The van der Waals surface area contributed by atoms with E-state index >= 15 is 0 Å². The Bertz CT molecular complexity index is 545. The summed E-state index contributed by atoms with van der Waals surface area (Å²) in [5.41, 5.74) is 1.60. The summed E-state index contributed by atoms with van der Waals surface area (Å²) in [5.74, 6) is -0.281. The van der Waals surface area contributed by atoms with E-state index in [1.54, 1.807) is 18.2 Å². The van der Waals surface area contributed by atoms with Crippen molar-refractivity contribution in [2.24, 2.45) is 0 Å². The average molecular weight is 304 g/mol. The molecule has 0 aromatic heterocycles. The first-order valence-corrected chi connectivity index (χ1v) is 8.16. The van der Waals surface area contributed by atoms with E-state index in [0.29, 0.717) is 18.2 Å². The molecule has 0 atom stereocenters. The van der Waals surface area contributed by atoms with E-state index in [0.717, 1.165) is 5.56 Å². The van der Waals surface area contributed by atoms with Gasteiger partial charge in [0.25, 0.3) is 6.43 Å². The molecule has 0 saturated heterocycles. The van der Waals surface area contributed by atoms with Gasteiger partial charge >= 0.3 is 0 Å². The Balaban J connectivity index is 1.92. The van der Waals surface area contributed by atoms with Crippen LogP contribution in [0.3, 0.4) is 0 Å². The van der Waals surface area contributed by atoms with Gasteiger partial charge in [-0.05, 0) is 24.0 Å². The van der Waals surface area contributed by atoms with Crippen LogP contribution in [0.15, 0.2) is 24.3 Å². The molecule has 0 spiro atoms. The minimum Gasteiger partial charge on any atom is -0.310 e. The fraction of sp³-hybridized carbons (Fsp3) is 0.538. The molecule has 0 unspecified atom stereocenters. The molecule has 112 valence electrons. The lowest BCUT2D eigenvalue weighted by molar-refractivity contribution is 0.153. The van der Waals surface area contributed by atoms with Gasteiger partial charge in [-0.15, -0.1) is 0 Å². The number of hydrogen-bond donors (Lipinski definition) is 2. The van der Waals surface area contributed by atoms with Crippen LogP contribution in [0, 0.1) is 0 Å². The molecule has 0 heterocycles. The first-order valence-electron chi connectivity index (χ1n) is 6.51. The van der Waals surface area contributed by atoms with Crippen molar-refractivity contribution >= 4 is 10.0 Å². The molecule has 2 N–H and O–H groups in total. The van der Waals surface area contributed by atoms with Crippen LogP contribution >= 0.6 is 0 Å². The minimum atomic E-state index is -3.72. The number of benzene rings is 1. The lowest BCUT2D eigenvalue weighted by Gasteiger charge is -2.08. The number of alkyl halides is 2. The van der Waals surface area contributed by atoms with Crippen LogP contribution in [-0.4, -0.2) is 27.4 Å². The van der Waals surface area contributed by atoms with Gasteiger partial charge in [0.05, 0.1) is 12.3 Å². The molecule has 4 nitrogen and oxygen atoms in total. The lowest BCUT2D eigenvalue weighted by atomic mass is 10.1. The van der Waals surface area contributed by atoms with Crippen molar-refractivity contribution in [1.29, 1.82) is 0 Å². The van der Waals surface area contributed by atoms with E-state index in [9.17, 15) is 17.2 Å². The van der Waals surface area contributed by atoms with Crippen molar-refractivity contribution in [1.82, 2.24) is 10.0 Å². The highest BCUT2D eigenvalue weighted by molar-refractivity contribution is 7.88. The summed E-state index contributed by atoms with van der Waals surface area (Å²) in [4.78, 5) is 0. The summed E-state index contributed by atoms with van der Waals surface area (Å²) in [6.07, 6.45) is -0.309. The zero-order valence-electron chi connectivity index (χ0n) is 11.0. The van der Waals surface area contributed by atoms with Crippen LogP contribution in [0.5, 0.6) is 0 Å². The number of hydrogen-bond acceptors (Lipinski definition) is 3. The number of nitrogens with one attached hydrogen (secondary N) is 2. The second-order valence-corrected chi connectivity index (χ2v) is 6.78. The third-order valence-electron chi connectivity index (χ3n) is 2.98. The zero-order chi connectivity index (χ0) is 14.6. The van der Waals surface area contributed by atoms with Gasteiger partial charge in [-0.1, -0.05) is 24.3 Å². The van der Waals surface area contributed by atoms with Gasteiger partial charge in [0, 0.05) is 12.6 Å². The van der Waals surface area contributed by atoms with Crippen LogP contribution in [0.25, 0.3) is 0 Å². The number of rotatable bonds is 8. The molecule has 0 bridgehead atoms. The number of sulfonamides is 1. The molecule has 1 aliphatic rings. The van der Waals surface area contributed by atoms with Gasteiger partial charge in [-0.25, -0.2) is 21.9 Å². The van der Waals surface area contributed by atoms with Gasteiger partial charge in [-0.2, -0.15) is 0 Å². The van der Waals surface area contributed by atoms with E-state index in [4.69, 9.17) is 0 Å². The molecular weight excluding hydrogens is 286 g/mol. The highest BCUT2D eigenvalue weighted by Crippen LogP contribution is 2.19. The standard InChI is InChI=1S/C13H18F2N2O2S/c14-13(15)8-17-20(18,19)9-11-3-1-2-10(6-11)7-16-12-4-5-12/h1-3,6,12-13,16-17H,4-5,7-9H2. The Hall–Kier alpha value is -1.05. The maximum atomic E-state index is 12.0. The predicted octanol–water partition coefficient (Wildman–Crippen LogP) is 1.62. The largest absolute Gasteiger partial charge is 0.310 e. The van der Waals surface area contributed by atoms with E-state index in [-0.39, 0.29) is 5.75 Å². The maximum Gasteiger partial charge on any atom is 0.251 e. The average Bonchev–Trinajstić information content (AvgIpc) is 3.18.